The van der Waals surface area contributed by atoms with E-state index in [1.165, 1.54) is 17.7 Å². The summed E-state index contributed by atoms with van der Waals surface area (Å²) in [6.07, 6.45) is 0.352. The maximum Gasteiger partial charge on any atom is 0.170 e. The van der Waals surface area contributed by atoms with Crippen LogP contribution in [-0.2, 0) is 6.42 Å². The summed E-state index contributed by atoms with van der Waals surface area (Å²) in [5.41, 5.74) is 3.19. The van der Waals surface area contributed by atoms with Crippen molar-refractivity contribution < 1.29 is 18.8 Å². The van der Waals surface area contributed by atoms with Gasteiger partial charge in [0.05, 0.1) is 0 Å². The third kappa shape index (κ3) is 5.48. The maximum absolute atomic E-state index is 13.3. The molecule has 0 aliphatic heterocycles. The van der Waals surface area contributed by atoms with Crippen LogP contribution in [0, 0.1) is 5.82 Å². The molecule has 0 bridgehead atoms. The van der Waals surface area contributed by atoms with E-state index in [4.69, 9.17) is 9.26 Å². The second-order valence-corrected chi connectivity index (χ2v) is 7.66. The molecular weight excluding hydrogens is 395 g/mol. The molecule has 5 nitrogen and oxygen atoms in total. The van der Waals surface area contributed by atoms with E-state index in [-0.39, 0.29) is 12.4 Å². The number of halogens is 1. The highest BCUT2D eigenvalue weighted by molar-refractivity contribution is 5.91. The van der Waals surface area contributed by atoms with Gasteiger partial charge in [0.25, 0.3) is 0 Å². The minimum atomic E-state index is -0.588. The second kappa shape index (κ2) is 9.73. The Kier molecular flexibility index (Phi) is 6.60. The Morgan fingerprint density at radius 1 is 1.06 bits per heavy atom. The lowest BCUT2D eigenvalue weighted by molar-refractivity contribution is 0.0767. The molecule has 0 saturated heterocycles. The lowest BCUT2D eigenvalue weighted by atomic mass is 10.1. The van der Waals surface area contributed by atoms with Gasteiger partial charge in [-0.05, 0) is 55.4 Å². The number of fused-ring (bicyclic) bond motifs is 1. The number of aromatic nitrogens is 1. The summed E-state index contributed by atoms with van der Waals surface area (Å²) in [5.74, 6) is 0.303. The van der Waals surface area contributed by atoms with Crippen molar-refractivity contribution in [1.29, 1.82) is 0 Å². The van der Waals surface area contributed by atoms with Crippen LogP contribution in [0.2, 0.25) is 0 Å². The van der Waals surface area contributed by atoms with Crippen molar-refractivity contribution in [3.05, 3.63) is 84.2 Å². The average Bonchev–Trinajstić information content (AvgIpc) is 3.20. The zero-order chi connectivity index (χ0) is 21.6. The van der Waals surface area contributed by atoms with E-state index in [9.17, 15) is 9.50 Å². The van der Waals surface area contributed by atoms with Gasteiger partial charge in [-0.25, -0.2) is 4.39 Å². The van der Waals surface area contributed by atoms with Gasteiger partial charge in [-0.15, -0.1) is 0 Å². The predicted octanol–water partition coefficient (Wildman–Crippen LogP) is 4.55. The van der Waals surface area contributed by atoms with Crippen molar-refractivity contribution >= 4 is 11.0 Å². The van der Waals surface area contributed by atoms with Crippen molar-refractivity contribution in [2.45, 2.75) is 12.5 Å². The molecule has 1 atom stereocenters. The summed E-state index contributed by atoms with van der Waals surface area (Å²) in [5, 5.41) is 15.1. The summed E-state index contributed by atoms with van der Waals surface area (Å²) >= 11 is 0. The van der Waals surface area contributed by atoms with Crippen LogP contribution in [0.5, 0.6) is 5.75 Å². The van der Waals surface area contributed by atoms with Crippen LogP contribution < -0.4 is 4.74 Å². The molecule has 1 N–H and O–H groups in total. The van der Waals surface area contributed by atoms with Gasteiger partial charge in [0, 0.05) is 30.1 Å². The third-order valence-corrected chi connectivity index (χ3v) is 5.15. The molecule has 0 aliphatic rings. The number of rotatable bonds is 9. The third-order valence-electron chi connectivity index (χ3n) is 5.15. The Labute approximate surface area is 180 Å². The van der Waals surface area contributed by atoms with Crippen LogP contribution in [0.15, 0.2) is 77.3 Å². The number of nitrogens with zero attached hydrogens (tertiary/aromatic N) is 2. The molecule has 0 amide bonds. The molecular formula is C25H25FN2O3. The maximum atomic E-state index is 13.3. The molecule has 4 rings (SSSR count). The minimum absolute atomic E-state index is 0.210. The van der Waals surface area contributed by atoms with Gasteiger partial charge in [0.1, 0.15) is 30.0 Å². The standard InChI is InChI=1S/C25H25FN2O3/c1-28(14-13-18-5-3-2-4-6-18)16-21(29)17-30-22-10-7-19(8-11-22)25-23-12-9-20(26)15-24(23)31-27-25/h2-12,15,21,29H,13-14,16-17H2,1H3/t21-/m0/s1. The molecule has 0 saturated carbocycles. The number of aliphatic hydroxyl groups is 1. The molecule has 0 aliphatic carbocycles. The van der Waals surface area contributed by atoms with Gasteiger partial charge in [0.2, 0.25) is 0 Å². The molecule has 31 heavy (non-hydrogen) atoms. The zero-order valence-electron chi connectivity index (χ0n) is 17.4. The highest BCUT2D eigenvalue weighted by Crippen LogP contribution is 2.29. The first-order valence-electron chi connectivity index (χ1n) is 10.3. The summed E-state index contributed by atoms with van der Waals surface area (Å²) < 4.78 is 24.3. The van der Waals surface area contributed by atoms with E-state index in [2.05, 4.69) is 22.2 Å². The first kappa shape index (κ1) is 21.0. The number of hydrogen-bond donors (Lipinski definition) is 1. The molecule has 0 spiro atoms. The van der Waals surface area contributed by atoms with Gasteiger partial charge in [-0.3, -0.25) is 0 Å². The molecule has 4 aromatic rings. The number of aliphatic hydroxyl groups excluding tert-OH is 1. The van der Waals surface area contributed by atoms with E-state index in [1.54, 1.807) is 6.07 Å². The highest BCUT2D eigenvalue weighted by Gasteiger charge is 2.12. The van der Waals surface area contributed by atoms with Crippen LogP contribution in [-0.4, -0.2) is 48.0 Å². The number of hydrogen-bond acceptors (Lipinski definition) is 5. The molecule has 1 aromatic heterocycles. The van der Waals surface area contributed by atoms with Crippen molar-refractivity contribution in [1.82, 2.24) is 10.1 Å². The molecule has 0 radical (unpaired) electrons. The topological polar surface area (TPSA) is 58.7 Å². The van der Waals surface area contributed by atoms with Gasteiger partial charge >= 0.3 is 0 Å². The van der Waals surface area contributed by atoms with Crippen LogP contribution >= 0.6 is 0 Å². The quantitative estimate of drug-likeness (QED) is 0.431. The van der Waals surface area contributed by atoms with E-state index >= 15 is 0 Å². The van der Waals surface area contributed by atoms with Crippen LogP contribution in [0.4, 0.5) is 4.39 Å². The molecule has 1 heterocycles. The Balaban J connectivity index is 1.28. The molecule has 0 unspecified atom stereocenters. The zero-order valence-corrected chi connectivity index (χ0v) is 17.4. The predicted molar refractivity (Wildman–Crippen MR) is 119 cm³/mol. The smallest absolute Gasteiger partial charge is 0.170 e. The van der Waals surface area contributed by atoms with Gasteiger partial charge < -0.3 is 19.3 Å². The number of benzene rings is 3. The number of ether oxygens (including phenoxy) is 1. The second-order valence-electron chi connectivity index (χ2n) is 7.66. The lowest BCUT2D eigenvalue weighted by Gasteiger charge is -2.20. The van der Waals surface area contributed by atoms with Gasteiger partial charge in [-0.1, -0.05) is 35.5 Å². The fraction of sp³-hybridized carbons (Fsp3) is 0.240. The first-order valence-corrected chi connectivity index (χ1v) is 10.3. The van der Waals surface area contributed by atoms with Crippen LogP contribution in [0.3, 0.4) is 0 Å². The summed E-state index contributed by atoms with van der Waals surface area (Å²) in [7, 11) is 2.00. The van der Waals surface area contributed by atoms with Crippen molar-refractivity contribution in [3.8, 4) is 17.0 Å². The van der Waals surface area contributed by atoms with Crippen LogP contribution in [0.25, 0.3) is 22.2 Å². The monoisotopic (exact) mass is 420 g/mol. The summed E-state index contributed by atoms with van der Waals surface area (Å²) in [6, 6.07) is 22.1. The Hall–Kier alpha value is -3.22. The molecule has 160 valence electrons. The fourth-order valence-corrected chi connectivity index (χ4v) is 3.49. The molecule has 0 fully saturated rings. The largest absolute Gasteiger partial charge is 0.491 e. The Morgan fingerprint density at radius 3 is 2.61 bits per heavy atom. The molecule has 3 aromatic carbocycles. The summed E-state index contributed by atoms with van der Waals surface area (Å²) in [4.78, 5) is 2.10. The summed E-state index contributed by atoms with van der Waals surface area (Å²) in [6.45, 7) is 1.61. The van der Waals surface area contributed by atoms with Gasteiger partial charge in [0.15, 0.2) is 5.58 Å². The van der Waals surface area contributed by atoms with Crippen molar-refractivity contribution in [2.24, 2.45) is 0 Å². The lowest BCUT2D eigenvalue weighted by Crippen LogP contribution is -2.34. The minimum Gasteiger partial charge on any atom is -0.491 e. The van der Waals surface area contributed by atoms with E-state index in [1.807, 2.05) is 49.5 Å². The Bertz CT molecular complexity index is 1110. The average molecular weight is 420 g/mol. The first-order chi connectivity index (χ1) is 15.1. The van der Waals surface area contributed by atoms with Crippen molar-refractivity contribution in [3.63, 3.8) is 0 Å². The van der Waals surface area contributed by atoms with E-state index in [0.717, 1.165) is 23.9 Å². The SMILES string of the molecule is CN(CCc1ccccc1)C[C@H](O)COc1ccc(-c2noc3cc(F)ccc23)cc1. The highest BCUT2D eigenvalue weighted by atomic mass is 19.1. The van der Waals surface area contributed by atoms with Gasteiger partial charge in [-0.2, -0.15) is 0 Å². The van der Waals surface area contributed by atoms with E-state index < -0.39 is 6.10 Å². The normalized spacial score (nSPS) is 12.4. The van der Waals surface area contributed by atoms with E-state index in [0.29, 0.717) is 23.6 Å². The van der Waals surface area contributed by atoms with Crippen LogP contribution in [0.1, 0.15) is 5.56 Å². The fourth-order valence-electron chi connectivity index (χ4n) is 3.49. The molecule has 6 heteroatoms. The van der Waals surface area contributed by atoms with Crippen molar-refractivity contribution in [2.75, 3.05) is 26.7 Å². The Morgan fingerprint density at radius 2 is 1.84 bits per heavy atom. The number of likely N-dealkylation sites (N-methyl/N-ethyl adjacent to an activating group) is 1.